The van der Waals surface area contributed by atoms with Crippen molar-refractivity contribution in [3.63, 3.8) is 0 Å². The van der Waals surface area contributed by atoms with Crippen molar-refractivity contribution in [1.29, 1.82) is 0 Å². The summed E-state index contributed by atoms with van der Waals surface area (Å²) < 4.78 is 5.64. The van der Waals surface area contributed by atoms with E-state index in [9.17, 15) is 4.79 Å². The van der Waals surface area contributed by atoms with Gasteiger partial charge in [0.1, 0.15) is 12.4 Å². The number of nitrogens with one attached hydrogen (secondary N) is 1. The van der Waals surface area contributed by atoms with E-state index < -0.39 is 0 Å². The number of thioether (sulfide) groups is 1. The molecule has 0 spiro atoms. The molecule has 0 aliphatic heterocycles. The molecule has 0 aliphatic carbocycles. The molecule has 25 heavy (non-hydrogen) atoms. The topological polar surface area (TPSA) is 38.3 Å². The van der Waals surface area contributed by atoms with Crippen LogP contribution >= 0.6 is 23.4 Å². The fourth-order valence-electron chi connectivity index (χ4n) is 2.34. The predicted molar refractivity (Wildman–Crippen MR) is 107 cm³/mol. The standard InChI is InChI=1S/C20H24ClNO2S/c1-2-4-16-7-9-19(10-8-16)24-12-11-22-20(23)15-25-14-17-5-3-6-18(21)13-17/h3,5-10,13H,2,4,11-12,14-15H2,1H3,(H,22,23). The van der Waals surface area contributed by atoms with Gasteiger partial charge in [-0.3, -0.25) is 4.79 Å². The Morgan fingerprint density at radius 1 is 1.16 bits per heavy atom. The Bertz CT molecular complexity index is 661. The van der Waals surface area contributed by atoms with E-state index in [4.69, 9.17) is 16.3 Å². The molecule has 0 aromatic heterocycles. The lowest BCUT2D eigenvalue weighted by molar-refractivity contribution is -0.118. The van der Waals surface area contributed by atoms with Gasteiger partial charge in [-0.2, -0.15) is 0 Å². The number of rotatable bonds is 10. The molecule has 5 heteroatoms. The van der Waals surface area contributed by atoms with E-state index >= 15 is 0 Å². The van der Waals surface area contributed by atoms with E-state index in [1.807, 2.05) is 36.4 Å². The molecule has 2 aromatic carbocycles. The van der Waals surface area contributed by atoms with Crippen molar-refractivity contribution in [2.45, 2.75) is 25.5 Å². The third-order valence-electron chi connectivity index (χ3n) is 3.55. The summed E-state index contributed by atoms with van der Waals surface area (Å²) in [5.74, 6) is 2.06. The average Bonchev–Trinajstić information content (AvgIpc) is 2.60. The Morgan fingerprint density at radius 3 is 2.68 bits per heavy atom. The van der Waals surface area contributed by atoms with Gasteiger partial charge in [-0.1, -0.05) is 49.2 Å². The Morgan fingerprint density at radius 2 is 1.96 bits per heavy atom. The van der Waals surface area contributed by atoms with E-state index in [1.165, 1.54) is 5.56 Å². The average molecular weight is 378 g/mol. The minimum absolute atomic E-state index is 0.0221. The van der Waals surface area contributed by atoms with E-state index in [1.54, 1.807) is 11.8 Å². The van der Waals surface area contributed by atoms with Gasteiger partial charge in [0.05, 0.1) is 12.3 Å². The number of hydrogen-bond donors (Lipinski definition) is 1. The fraction of sp³-hybridized carbons (Fsp3) is 0.350. The van der Waals surface area contributed by atoms with Crippen LogP contribution in [-0.4, -0.2) is 24.8 Å². The predicted octanol–water partition coefficient (Wildman–Crippen LogP) is 4.72. The van der Waals surface area contributed by atoms with Crippen LogP contribution in [0.2, 0.25) is 5.02 Å². The molecule has 0 unspecified atom stereocenters. The molecule has 0 fully saturated rings. The Hall–Kier alpha value is -1.65. The molecule has 0 saturated carbocycles. The van der Waals surface area contributed by atoms with Crippen LogP contribution in [0.1, 0.15) is 24.5 Å². The largest absolute Gasteiger partial charge is 0.492 e. The van der Waals surface area contributed by atoms with Crippen LogP contribution < -0.4 is 10.1 Å². The summed E-state index contributed by atoms with van der Waals surface area (Å²) in [7, 11) is 0. The summed E-state index contributed by atoms with van der Waals surface area (Å²) in [6.45, 7) is 3.14. The molecule has 2 aromatic rings. The molecule has 0 saturated heterocycles. The summed E-state index contributed by atoms with van der Waals surface area (Å²) >= 11 is 7.52. The van der Waals surface area contributed by atoms with E-state index in [-0.39, 0.29) is 5.91 Å². The highest BCUT2D eigenvalue weighted by molar-refractivity contribution is 7.99. The highest BCUT2D eigenvalue weighted by Crippen LogP contribution is 2.16. The van der Waals surface area contributed by atoms with E-state index in [0.29, 0.717) is 18.9 Å². The third-order valence-corrected chi connectivity index (χ3v) is 4.78. The van der Waals surface area contributed by atoms with Crippen LogP contribution in [0.5, 0.6) is 5.75 Å². The lowest BCUT2D eigenvalue weighted by Crippen LogP contribution is -2.29. The first-order valence-electron chi connectivity index (χ1n) is 8.48. The second kappa shape index (κ2) is 11.1. The molecule has 1 N–H and O–H groups in total. The highest BCUT2D eigenvalue weighted by Gasteiger charge is 2.02. The Balaban J connectivity index is 1.57. The SMILES string of the molecule is CCCc1ccc(OCCNC(=O)CSCc2cccc(Cl)c2)cc1. The molecule has 1 amide bonds. The van der Waals surface area contributed by atoms with E-state index in [0.717, 1.165) is 34.9 Å². The summed E-state index contributed by atoms with van der Waals surface area (Å²) in [5.41, 5.74) is 2.44. The Labute approximate surface area is 159 Å². The van der Waals surface area contributed by atoms with Gasteiger partial charge in [-0.15, -0.1) is 11.8 Å². The zero-order chi connectivity index (χ0) is 17.9. The summed E-state index contributed by atoms with van der Waals surface area (Å²) in [6, 6.07) is 15.8. The zero-order valence-electron chi connectivity index (χ0n) is 14.5. The second-order valence-electron chi connectivity index (χ2n) is 5.72. The highest BCUT2D eigenvalue weighted by atomic mass is 35.5. The summed E-state index contributed by atoms with van der Waals surface area (Å²) in [6.07, 6.45) is 2.23. The normalized spacial score (nSPS) is 10.5. The summed E-state index contributed by atoms with van der Waals surface area (Å²) in [5, 5.41) is 3.60. The molecule has 2 rings (SSSR count). The molecule has 0 atom stereocenters. The molecule has 134 valence electrons. The van der Waals surface area contributed by atoms with Crippen molar-refractivity contribution >= 4 is 29.3 Å². The molecule has 0 bridgehead atoms. The number of carbonyl (C=O) groups excluding carboxylic acids is 1. The summed E-state index contributed by atoms with van der Waals surface area (Å²) in [4.78, 5) is 11.8. The molecular formula is C20H24ClNO2S. The second-order valence-corrected chi connectivity index (χ2v) is 7.14. The maximum absolute atomic E-state index is 11.8. The lowest BCUT2D eigenvalue weighted by atomic mass is 10.1. The van der Waals surface area contributed by atoms with Crippen LogP contribution in [-0.2, 0) is 17.0 Å². The minimum Gasteiger partial charge on any atom is -0.492 e. The van der Waals surface area contributed by atoms with Crippen LogP contribution in [0.25, 0.3) is 0 Å². The number of halogens is 1. The van der Waals surface area contributed by atoms with Crippen LogP contribution in [0.15, 0.2) is 48.5 Å². The van der Waals surface area contributed by atoms with Gasteiger partial charge in [0, 0.05) is 10.8 Å². The Kier molecular flexibility index (Phi) is 8.70. The third kappa shape index (κ3) is 7.84. The van der Waals surface area contributed by atoms with Crippen molar-refractivity contribution in [2.75, 3.05) is 18.9 Å². The molecule has 3 nitrogen and oxygen atoms in total. The number of amides is 1. The molecule has 0 heterocycles. The number of aryl methyl sites for hydroxylation is 1. The zero-order valence-corrected chi connectivity index (χ0v) is 16.0. The molecule has 0 radical (unpaired) electrons. The van der Waals surface area contributed by atoms with Gasteiger partial charge in [-0.05, 0) is 41.8 Å². The first-order valence-corrected chi connectivity index (χ1v) is 10.0. The number of carbonyl (C=O) groups is 1. The van der Waals surface area contributed by atoms with Gasteiger partial charge in [0.15, 0.2) is 0 Å². The lowest BCUT2D eigenvalue weighted by Gasteiger charge is -2.08. The van der Waals surface area contributed by atoms with Gasteiger partial charge in [0.2, 0.25) is 5.91 Å². The van der Waals surface area contributed by atoms with Crippen molar-refractivity contribution in [3.05, 3.63) is 64.7 Å². The van der Waals surface area contributed by atoms with Gasteiger partial charge in [-0.25, -0.2) is 0 Å². The van der Waals surface area contributed by atoms with Crippen LogP contribution in [0, 0.1) is 0 Å². The number of ether oxygens (including phenoxy) is 1. The van der Waals surface area contributed by atoms with Crippen molar-refractivity contribution in [1.82, 2.24) is 5.32 Å². The monoisotopic (exact) mass is 377 g/mol. The molecular weight excluding hydrogens is 354 g/mol. The van der Waals surface area contributed by atoms with Crippen LogP contribution in [0.3, 0.4) is 0 Å². The van der Waals surface area contributed by atoms with Crippen molar-refractivity contribution in [3.8, 4) is 5.75 Å². The number of hydrogen-bond acceptors (Lipinski definition) is 3. The van der Waals surface area contributed by atoms with Crippen molar-refractivity contribution < 1.29 is 9.53 Å². The maximum Gasteiger partial charge on any atom is 0.230 e. The smallest absolute Gasteiger partial charge is 0.230 e. The van der Waals surface area contributed by atoms with Gasteiger partial charge >= 0.3 is 0 Å². The fourth-order valence-corrected chi connectivity index (χ4v) is 3.36. The van der Waals surface area contributed by atoms with E-state index in [2.05, 4.69) is 24.4 Å². The minimum atomic E-state index is 0.0221. The first kappa shape index (κ1) is 19.7. The van der Waals surface area contributed by atoms with Crippen molar-refractivity contribution in [2.24, 2.45) is 0 Å². The first-order chi connectivity index (χ1) is 12.2. The number of benzene rings is 2. The van der Waals surface area contributed by atoms with Gasteiger partial charge in [0.25, 0.3) is 0 Å². The van der Waals surface area contributed by atoms with Gasteiger partial charge < -0.3 is 10.1 Å². The molecule has 0 aliphatic rings. The maximum atomic E-state index is 11.8. The quantitative estimate of drug-likeness (QED) is 0.609. The van der Waals surface area contributed by atoms with Crippen LogP contribution in [0.4, 0.5) is 0 Å².